The first kappa shape index (κ1) is 15.8. The Morgan fingerprint density at radius 3 is 2.57 bits per heavy atom. The van der Waals surface area contributed by atoms with Gasteiger partial charge in [0.05, 0.1) is 6.20 Å². The van der Waals surface area contributed by atoms with Crippen LogP contribution in [0.1, 0.15) is 39.0 Å². The van der Waals surface area contributed by atoms with Crippen LogP contribution in [0, 0.1) is 0 Å². The molecule has 1 aromatic carbocycles. The molecule has 0 aliphatic carbocycles. The van der Waals surface area contributed by atoms with E-state index in [-0.39, 0.29) is 0 Å². The molecule has 0 unspecified atom stereocenters. The van der Waals surface area contributed by atoms with Gasteiger partial charge in [-0.3, -0.25) is 4.68 Å². The Kier molecular flexibility index (Phi) is 7.02. The molecule has 2 aromatic rings. The molecule has 3 nitrogen and oxygen atoms in total. The van der Waals surface area contributed by atoms with Gasteiger partial charge in [-0.1, -0.05) is 50.1 Å². The molecule has 0 amide bonds. The van der Waals surface area contributed by atoms with Crippen LogP contribution >= 0.6 is 0 Å². The van der Waals surface area contributed by atoms with Crippen molar-refractivity contribution in [1.29, 1.82) is 0 Å². The van der Waals surface area contributed by atoms with Crippen molar-refractivity contribution in [3.63, 3.8) is 0 Å². The minimum Gasteiger partial charge on any atom is -0.317 e. The first-order valence-corrected chi connectivity index (χ1v) is 8.18. The van der Waals surface area contributed by atoms with Crippen LogP contribution in [0.4, 0.5) is 0 Å². The molecule has 0 saturated heterocycles. The van der Waals surface area contributed by atoms with E-state index < -0.39 is 0 Å². The number of nitrogens with one attached hydrogen (secondary N) is 1. The second-order valence-corrected chi connectivity index (χ2v) is 5.52. The maximum absolute atomic E-state index is 4.46. The van der Waals surface area contributed by atoms with Gasteiger partial charge in [0.15, 0.2) is 0 Å². The minimum atomic E-state index is 1.02. The van der Waals surface area contributed by atoms with Crippen molar-refractivity contribution in [3.8, 4) is 11.1 Å². The number of unbranched alkanes of at least 4 members (excludes halogenated alkanes) is 3. The van der Waals surface area contributed by atoms with E-state index in [1.807, 2.05) is 12.3 Å². The molecule has 0 aliphatic rings. The second-order valence-electron chi connectivity index (χ2n) is 5.52. The van der Waals surface area contributed by atoms with E-state index >= 15 is 0 Å². The van der Waals surface area contributed by atoms with E-state index in [9.17, 15) is 0 Å². The van der Waals surface area contributed by atoms with Crippen LogP contribution in [-0.2, 0) is 6.54 Å². The lowest BCUT2D eigenvalue weighted by molar-refractivity contribution is 0.524. The summed E-state index contributed by atoms with van der Waals surface area (Å²) in [5.41, 5.74) is 2.45. The number of nitrogens with zero attached hydrogens (tertiary/aromatic N) is 2. The van der Waals surface area contributed by atoms with E-state index in [1.54, 1.807) is 0 Å². The lowest BCUT2D eigenvalue weighted by atomic mass is 10.1. The zero-order valence-corrected chi connectivity index (χ0v) is 13.1. The molecule has 0 saturated carbocycles. The average Bonchev–Trinajstić information content (AvgIpc) is 3.00. The first-order valence-electron chi connectivity index (χ1n) is 8.18. The number of rotatable bonds is 10. The Balaban J connectivity index is 1.63. The molecule has 0 radical (unpaired) electrons. The lowest BCUT2D eigenvalue weighted by Crippen LogP contribution is -2.15. The molecule has 0 spiro atoms. The van der Waals surface area contributed by atoms with Crippen molar-refractivity contribution in [2.24, 2.45) is 0 Å². The van der Waals surface area contributed by atoms with Crippen LogP contribution in [0.15, 0.2) is 42.7 Å². The number of benzene rings is 1. The summed E-state index contributed by atoms with van der Waals surface area (Å²) in [5, 5.41) is 7.90. The van der Waals surface area contributed by atoms with Crippen LogP contribution in [0.2, 0.25) is 0 Å². The van der Waals surface area contributed by atoms with E-state index in [4.69, 9.17) is 0 Å². The fraction of sp³-hybridized carbons (Fsp3) is 0.500. The van der Waals surface area contributed by atoms with Crippen molar-refractivity contribution < 1.29 is 0 Å². The molecule has 0 fully saturated rings. The van der Waals surface area contributed by atoms with Crippen LogP contribution in [0.25, 0.3) is 11.1 Å². The quantitative estimate of drug-likeness (QED) is 0.666. The van der Waals surface area contributed by atoms with E-state index in [2.05, 4.69) is 52.5 Å². The Labute approximate surface area is 128 Å². The molecule has 0 atom stereocenters. The zero-order chi connectivity index (χ0) is 14.8. The Bertz CT molecular complexity index is 490. The van der Waals surface area contributed by atoms with Gasteiger partial charge in [-0.15, -0.1) is 0 Å². The number of aromatic nitrogens is 2. The SMILES string of the molecule is CCCNCCCCCCn1cc(-c2ccccc2)cn1. The molecule has 1 aromatic heterocycles. The van der Waals surface area contributed by atoms with E-state index in [1.165, 1.54) is 43.2 Å². The maximum atomic E-state index is 4.46. The molecule has 1 heterocycles. The van der Waals surface area contributed by atoms with E-state index in [0.717, 1.165) is 19.6 Å². The van der Waals surface area contributed by atoms with Gasteiger partial charge in [-0.05, 0) is 37.9 Å². The number of aryl methyl sites for hydroxylation is 1. The Morgan fingerprint density at radius 1 is 0.952 bits per heavy atom. The highest BCUT2D eigenvalue weighted by molar-refractivity contribution is 5.61. The minimum absolute atomic E-state index is 1.02. The molecule has 114 valence electrons. The topological polar surface area (TPSA) is 29.9 Å². The highest BCUT2D eigenvalue weighted by atomic mass is 15.3. The van der Waals surface area contributed by atoms with Crippen molar-refractivity contribution in [3.05, 3.63) is 42.7 Å². The van der Waals surface area contributed by atoms with Gasteiger partial charge in [0.1, 0.15) is 0 Å². The van der Waals surface area contributed by atoms with Crippen LogP contribution in [0.5, 0.6) is 0 Å². The summed E-state index contributed by atoms with van der Waals surface area (Å²) in [6.45, 7) is 5.54. The Morgan fingerprint density at radius 2 is 1.76 bits per heavy atom. The fourth-order valence-corrected chi connectivity index (χ4v) is 2.44. The molecule has 2 rings (SSSR count). The number of hydrogen-bond donors (Lipinski definition) is 1. The summed E-state index contributed by atoms with van der Waals surface area (Å²) < 4.78 is 2.07. The molecular formula is C18H27N3. The van der Waals surface area contributed by atoms with Crippen molar-refractivity contribution >= 4 is 0 Å². The third kappa shape index (κ3) is 5.72. The molecule has 0 bridgehead atoms. The molecule has 3 heteroatoms. The average molecular weight is 285 g/mol. The summed E-state index contributed by atoms with van der Waals surface area (Å²) in [4.78, 5) is 0. The summed E-state index contributed by atoms with van der Waals surface area (Å²) in [6, 6.07) is 10.4. The predicted octanol–water partition coefficient (Wildman–Crippen LogP) is 4.11. The highest BCUT2D eigenvalue weighted by Crippen LogP contribution is 2.17. The van der Waals surface area contributed by atoms with Gasteiger partial charge >= 0.3 is 0 Å². The predicted molar refractivity (Wildman–Crippen MR) is 89.3 cm³/mol. The fourth-order valence-electron chi connectivity index (χ4n) is 2.44. The van der Waals surface area contributed by atoms with Crippen LogP contribution in [-0.4, -0.2) is 22.9 Å². The molecule has 21 heavy (non-hydrogen) atoms. The van der Waals surface area contributed by atoms with Crippen LogP contribution < -0.4 is 5.32 Å². The van der Waals surface area contributed by atoms with Gasteiger partial charge in [-0.25, -0.2) is 0 Å². The van der Waals surface area contributed by atoms with Gasteiger partial charge in [0, 0.05) is 18.3 Å². The molecule has 0 aliphatic heterocycles. The van der Waals surface area contributed by atoms with Crippen LogP contribution in [0.3, 0.4) is 0 Å². The highest BCUT2D eigenvalue weighted by Gasteiger charge is 2.00. The monoisotopic (exact) mass is 285 g/mol. The molecule has 1 N–H and O–H groups in total. The van der Waals surface area contributed by atoms with Gasteiger partial charge in [-0.2, -0.15) is 5.10 Å². The van der Waals surface area contributed by atoms with Crippen molar-refractivity contribution in [1.82, 2.24) is 15.1 Å². The lowest BCUT2D eigenvalue weighted by Gasteiger charge is -2.03. The Hall–Kier alpha value is -1.61. The summed E-state index contributed by atoms with van der Waals surface area (Å²) >= 11 is 0. The smallest absolute Gasteiger partial charge is 0.0568 e. The van der Waals surface area contributed by atoms with Gasteiger partial charge in [0.2, 0.25) is 0 Å². The normalized spacial score (nSPS) is 10.9. The summed E-state index contributed by atoms with van der Waals surface area (Å²) in [5.74, 6) is 0. The summed E-state index contributed by atoms with van der Waals surface area (Å²) in [7, 11) is 0. The maximum Gasteiger partial charge on any atom is 0.0568 e. The molecular weight excluding hydrogens is 258 g/mol. The third-order valence-corrected chi connectivity index (χ3v) is 3.66. The zero-order valence-electron chi connectivity index (χ0n) is 13.1. The van der Waals surface area contributed by atoms with Gasteiger partial charge < -0.3 is 5.32 Å². The largest absolute Gasteiger partial charge is 0.317 e. The standard InChI is InChI=1S/C18H27N3/c1-2-12-19-13-8-3-4-9-14-21-16-18(15-20-21)17-10-6-5-7-11-17/h5-7,10-11,15-16,19H,2-4,8-9,12-14H2,1H3. The first-order chi connectivity index (χ1) is 10.4. The third-order valence-electron chi connectivity index (χ3n) is 3.66. The second kappa shape index (κ2) is 9.35. The van der Waals surface area contributed by atoms with E-state index in [0.29, 0.717) is 0 Å². The number of hydrogen-bond acceptors (Lipinski definition) is 2. The van der Waals surface area contributed by atoms with Gasteiger partial charge in [0.25, 0.3) is 0 Å². The van der Waals surface area contributed by atoms with Crippen molar-refractivity contribution in [2.45, 2.75) is 45.6 Å². The van der Waals surface area contributed by atoms with Crippen molar-refractivity contribution in [2.75, 3.05) is 13.1 Å². The summed E-state index contributed by atoms with van der Waals surface area (Å²) in [6.07, 6.45) is 10.4.